The van der Waals surface area contributed by atoms with Crippen LogP contribution >= 0.6 is 0 Å². The highest BCUT2D eigenvalue weighted by atomic mass is 16.7. The topological polar surface area (TPSA) is 77.8 Å². The molecule has 4 heteroatoms. The first-order valence-electron chi connectivity index (χ1n) is 13.3. The van der Waals surface area contributed by atoms with Gasteiger partial charge in [-0.05, 0) is 44.9 Å². The van der Waals surface area contributed by atoms with Crippen molar-refractivity contribution >= 4 is 5.78 Å². The molecule has 4 nitrogen and oxygen atoms in total. The SMILES string of the molecule is CCCCCCCC/C=C\CCCCCCCCCCCC(=O)CCCCC(O)(O)O. The van der Waals surface area contributed by atoms with Crippen LogP contribution in [0.5, 0.6) is 0 Å². The largest absolute Gasteiger partial charge is 0.344 e. The van der Waals surface area contributed by atoms with Crippen LogP contribution in [-0.2, 0) is 4.79 Å². The fraction of sp³-hybridized carbons (Fsp3) is 0.889. The quantitative estimate of drug-likeness (QED) is 0.0833. The number of aliphatic hydroxyl groups is 3. The van der Waals surface area contributed by atoms with Gasteiger partial charge in [0, 0.05) is 19.3 Å². The van der Waals surface area contributed by atoms with Crippen LogP contribution in [0.1, 0.15) is 148 Å². The van der Waals surface area contributed by atoms with Crippen LogP contribution in [0.4, 0.5) is 0 Å². The Morgan fingerprint density at radius 1 is 0.581 bits per heavy atom. The van der Waals surface area contributed by atoms with Crippen LogP contribution < -0.4 is 0 Å². The number of ketones is 1. The average Bonchev–Trinajstić information content (AvgIpc) is 2.72. The van der Waals surface area contributed by atoms with E-state index in [4.69, 9.17) is 15.3 Å². The number of unbranched alkanes of at least 4 members (excludes halogenated alkanes) is 16. The molecule has 31 heavy (non-hydrogen) atoms. The summed E-state index contributed by atoms with van der Waals surface area (Å²) in [6.45, 7) is 2.27. The summed E-state index contributed by atoms with van der Waals surface area (Å²) in [6.07, 6.45) is 28.9. The van der Waals surface area contributed by atoms with Crippen LogP contribution in [0.3, 0.4) is 0 Å². The van der Waals surface area contributed by atoms with Crippen molar-refractivity contribution in [1.29, 1.82) is 0 Å². The van der Waals surface area contributed by atoms with Crippen molar-refractivity contribution in [3.63, 3.8) is 0 Å². The summed E-state index contributed by atoms with van der Waals surface area (Å²) in [5.41, 5.74) is 0. The third kappa shape index (κ3) is 27.3. The van der Waals surface area contributed by atoms with Crippen LogP contribution in [0.2, 0.25) is 0 Å². The summed E-state index contributed by atoms with van der Waals surface area (Å²) in [5, 5.41) is 26.4. The van der Waals surface area contributed by atoms with Crippen molar-refractivity contribution in [2.45, 2.75) is 154 Å². The molecule has 0 aliphatic heterocycles. The van der Waals surface area contributed by atoms with E-state index >= 15 is 0 Å². The molecule has 0 radical (unpaired) electrons. The smallest absolute Gasteiger partial charge is 0.275 e. The monoisotopic (exact) mass is 440 g/mol. The Balaban J connectivity index is 3.21. The van der Waals surface area contributed by atoms with Crippen LogP contribution in [-0.4, -0.2) is 27.1 Å². The highest BCUT2D eigenvalue weighted by Crippen LogP contribution is 2.14. The number of carbonyl (C=O) groups excluding carboxylic acids is 1. The van der Waals surface area contributed by atoms with Crippen molar-refractivity contribution in [2.75, 3.05) is 0 Å². The Kier molecular flexibility index (Phi) is 22.0. The minimum Gasteiger partial charge on any atom is -0.344 e. The van der Waals surface area contributed by atoms with Crippen LogP contribution in [0, 0.1) is 0 Å². The molecule has 0 unspecified atom stereocenters. The van der Waals surface area contributed by atoms with Crippen molar-refractivity contribution in [1.82, 2.24) is 0 Å². The molecule has 0 aromatic rings. The van der Waals surface area contributed by atoms with Gasteiger partial charge in [-0.3, -0.25) is 4.79 Å². The molecule has 0 aromatic carbocycles. The second kappa shape index (κ2) is 22.5. The molecule has 0 rings (SSSR count). The highest BCUT2D eigenvalue weighted by molar-refractivity contribution is 5.78. The molecule has 0 aromatic heterocycles. The van der Waals surface area contributed by atoms with E-state index < -0.39 is 5.97 Å². The zero-order chi connectivity index (χ0) is 23.0. The van der Waals surface area contributed by atoms with E-state index in [1.54, 1.807) is 0 Å². The average molecular weight is 441 g/mol. The number of allylic oxidation sites excluding steroid dienone is 2. The van der Waals surface area contributed by atoms with Gasteiger partial charge < -0.3 is 15.3 Å². The predicted molar refractivity (Wildman–Crippen MR) is 131 cm³/mol. The Bertz CT molecular complexity index is 412. The number of carbonyl (C=O) groups is 1. The minimum absolute atomic E-state index is 0.101. The van der Waals surface area contributed by atoms with E-state index in [-0.39, 0.29) is 12.2 Å². The lowest BCUT2D eigenvalue weighted by Crippen LogP contribution is -2.26. The van der Waals surface area contributed by atoms with Gasteiger partial charge in [-0.2, -0.15) is 0 Å². The fourth-order valence-electron chi connectivity index (χ4n) is 3.91. The van der Waals surface area contributed by atoms with Crippen LogP contribution in [0.25, 0.3) is 0 Å². The highest BCUT2D eigenvalue weighted by Gasteiger charge is 2.16. The molecule has 184 valence electrons. The van der Waals surface area contributed by atoms with E-state index in [1.165, 1.54) is 96.3 Å². The number of hydrogen-bond donors (Lipinski definition) is 3. The molecule has 0 atom stereocenters. The Labute approximate surface area is 192 Å². The van der Waals surface area contributed by atoms with Gasteiger partial charge in [0.05, 0.1) is 0 Å². The first kappa shape index (κ1) is 30.3. The van der Waals surface area contributed by atoms with E-state index in [0.717, 1.165) is 12.8 Å². The fourth-order valence-corrected chi connectivity index (χ4v) is 3.91. The van der Waals surface area contributed by atoms with Gasteiger partial charge in [-0.25, -0.2) is 0 Å². The lowest BCUT2D eigenvalue weighted by Gasteiger charge is -2.12. The van der Waals surface area contributed by atoms with Crippen molar-refractivity contribution in [2.24, 2.45) is 0 Å². The molecule has 0 saturated heterocycles. The normalized spacial score (nSPS) is 12.1. The molecule has 3 N–H and O–H groups in total. The number of rotatable bonds is 24. The molecular weight excluding hydrogens is 388 g/mol. The maximum atomic E-state index is 11.8. The van der Waals surface area contributed by atoms with Crippen LogP contribution in [0.15, 0.2) is 12.2 Å². The van der Waals surface area contributed by atoms with Gasteiger partial charge >= 0.3 is 0 Å². The van der Waals surface area contributed by atoms with Gasteiger partial charge in [-0.1, -0.05) is 96.1 Å². The van der Waals surface area contributed by atoms with Crippen molar-refractivity contribution < 1.29 is 20.1 Å². The third-order valence-corrected chi connectivity index (χ3v) is 5.94. The van der Waals surface area contributed by atoms with Gasteiger partial charge in [0.25, 0.3) is 5.97 Å². The third-order valence-electron chi connectivity index (χ3n) is 5.94. The summed E-state index contributed by atoms with van der Waals surface area (Å²) in [5.74, 6) is -2.34. The zero-order valence-electron chi connectivity index (χ0n) is 20.5. The molecule has 0 spiro atoms. The zero-order valence-corrected chi connectivity index (χ0v) is 20.5. The maximum absolute atomic E-state index is 11.8. The molecular formula is C27H52O4. The van der Waals surface area contributed by atoms with Gasteiger partial charge in [0.15, 0.2) is 0 Å². The number of hydrogen-bond acceptors (Lipinski definition) is 4. The maximum Gasteiger partial charge on any atom is 0.275 e. The molecule has 0 amide bonds. The summed E-state index contributed by atoms with van der Waals surface area (Å²) in [4.78, 5) is 11.8. The lowest BCUT2D eigenvalue weighted by atomic mass is 10.0. The summed E-state index contributed by atoms with van der Waals surface area (Å²) in [7, 11) is 0. The summed E-state index contributed by atoms with van der Waals surface area (Å²) in [6, 6.07) is 0. The standard InChI is InChI=1S/C27H52O4/c1-2-3-4-5-6-7-8-9-10-11-12-13-14-15-16-17-18-19-20-23-26(28)24-21-22-25-27(29,30)31/h9-10,29-31H,2-8,11-25H2,1H3/b10-9-. The number of Topliss-reactive ketones (excluding diaryl/α,β-unsaturated/α-hetero) is 1. The minimum atomic E-state index is -2.59. The Morgan fingerprint density at radius 3 is 1.42 bits per heavy atom. The summed E-state index contributed by atoms with van der Waals surface area (Å²) < 4.78 is 0. The van der Waals surface area contributed by atoms with Crippen molar-refractivity contribution in [3.8, 4) is 0 Å². The molecule has 0 fully saturated rings. The molecule has 0 aliphatic rings. The van der Waals surface area contributed by atoms with Crippen molar-refractivity contribution in [3.05, 3.63) is 12.2 Å². The van der Waals surface area contributed by atoms with E-state index in [0.29, 0.717) is 25.7 Å². The second-order valence-corrected chi connectivity index (χ2v) is 9.27. The Morgan fingerprint density at radius 2 is 0.968 bits per heavy atom. The molecule has 0 aliphatic carbocycles. The lowest BCUT2D eigenvalue weighted by molar-refractivity contribution is -0.315. The molecule has 0 heterocycles. The first-order valence-corrected chi connectivity index (χ1v) is 13.3. The predicted octanol–water partition coefficient (Wildman–Crippen LogP) is 7.34. The van der Waals surface area contributed by atoms with Gasteiger partial charge in [0.2, 0.25) is 0 Å². The first-order chi connectivity index (χ1) is 15.0. The van der Waals surface area contributed by atoms with Gasteiger partial charge in [0.1, 0.15) is 5.78 Å². The summed E-state index contributed by atoms with van der Waals surface area (Å²) >= 11 is 0. The molecule has 0 saturated carbocycles. The Hall–Kier alpha value is -0.710. The van der Waals surface area contributed by atoms with Gasteiger partial charge in [-0.15, -0.1) is 0 Å². The van der Waals surface area contributed by atoms with E-state index in [1.807, 2.05) is 0 Å². The molecule has 0 bridgehead atoms. The van der Waals surface area contributed by atoms with E-state index in [2.05, 4.69) is 19.1 Å². The van der Waals surface area contributed by atoms with E-state index in [9.17, 15) is 4.79 Å². The second-order valence-electron chi connectivity index (χ2n) is 9.27.